The van der Waals surface area contributed by atoms with E-state index in [1.807, 2.05) is 6.07 Å². The van der Waals surface area contributed by atoms with Crippen molar-refractivity contribution in [2.45, 2.75) is 39.3 Å². The average Bonchev–Trinajstić information content (AvgIpc) is 2.15. The molecule has 0 saturated carbocycles. The van der Waals surface area contributed by atoms with Crippen LogP contribution < -0.4 is 16.0 Å². The number of nitrogens with zero attached hydrogens (tertiary/aromatic N) is 1. The number of nitrogens with two attached hydrogens (primary N) is 1. The van der Waals surface area contributed by atoms with Crippen molar-refractivity contribution < 1.29 is 0 Å². The van der Waals surface area contributed by atoms with E-state index in [0.717, 1.165) is 12.2 Å². The summed E-state index contributed by atoms with van der Waals surface area (Å²) in [6.45, 7) is 9.92. The van der Waals surface area contributed by atoms with Gasteiger partial charge in [-0.25, -0.2) is 0 Å². The highest BCUT2D eigenvalue weighted by atomic mass is 15.3. The molecule has 1 aromatic carbocycles. The molecule has 0 saturated heterocycles. The largest absolute Gasteiger partial charge is 0.399 e. The molecule has 0 aromatic heterocycles. The molecule has 1 aliphatic heterocycles. The van der Waals surface area contributed by atoms with Crippen molar-refractivity contribution in [1.82, 2.24) is 0 Å². The summed E-state index contributed by atoms with van der Waals surface area (Å²) in [5.74, 6) is 0. The van der Waals surface area contributed by atoms with E-state index in [0.29, 0.717) is 6.04 Å². The van der Waals surface area contributed by atoms with Crippen LogP contribution in [-0.4, -0.2) is 18.1 Å². The predicted molar refractivity (Wildman–Crippen MR) is 71.0 cm³/mol. The van der Waals surface area contributed by atoms with Gasteiger partial charge in [0.15, 0.2) is 0 Å². The molecule has 0 atom stereocenters. The number of anilines is 3. The number of rotatable bonds is 1. The second kappa shape index (κ2) is 3.58. The van der Waals surface area contributed by atoms with Gasteiger partial charge in [0, 0.05) is 18.3 Å². The van der Waals surface area contributed by atoms with Gasteiger partial charge in [0.25, 0.3) is 0 Å². The Morgan fingerprint density at radius 3 is 2.69 bits per heavy atom. The zero-order valence-electron chi connectivity index (χ0n) is 10.5. The summed E-state index contributed by atoms with van der Waals surface area (Å²) in [5, 5.41) is 3.47. The van der Waals surface area contributed by atoms with Crippen molar-refractivity contribution in [3.63, 3.8) is 0 Å². The molecule has 3 heteroatoms. The molecule has 0 radical (unpaired) electrons. The number of hydrogen-bond acceptors (Lipinski definition) is 3. The topological polar surface area (TPSA) is 41.3 Å². The molecule has 1 aromatic rings. The monoisotopic (exact) mass is 219 g/mol. The lowest BCUT2D eigenvalue weighted by atomic mass is 9.95. The zero-order valence-corrected chi connectivity index (χ0v) is 10.5. The standard InChI is InChI=1S/C13H21N3/c1-9(2)16-12-7-10(14)5-6-11(12)15-8-13(16,3)4/h5-7,9,15H,8,14H2,1-4H3. The molecule has 0 fully saturated rings. The van der Waals surface area contributed by atoms with Crippen LogP contribution in [-0.2, 0) is 0 Å². The van der Waals surface area contributed by atoms with Crippen LogP contribution in [0.5, 0.6) is 0 Å². The van der Waals surface area contributed by atoms with Crippen molar-refractivity contribution in [2.75, 3.05) is 22.5 Å². The summed E-state index contributed by atoms with van der Waals surface area (Å²) in [7, 11) is 0. The van der Waals surface area contributed by atoms with E-state index in [9.17, 15) is 0 Å². The van der Waals surface area contributed by atoms with Gasteiger partial charge in [0.05, 0.1) is 16.9 Å². The van der Waals surface area contributed by atoms with Crippen molar-refractivity contribution in [3.8, 4) is 0 Å². The lowest BCUT2D eigenvalue weighted by molar-refractivity contribution is 0.439. The molecule has 2 rings (SSSR count). The predicted octanol–water partition coefficient (Wildman–Crippen LogP) is 2.69. The first kappa shape index (κ1) is 11.1. The molecule has 16 heavy (non-hydrogen) atoms. The van der Waals surface area contributed by atoms with Gasteiger partial charge in [-0.2, -0.15) is 0 Å². The third kappa shape index (κ3) is 1.70. The SMILES string of the molecule is CC(C)N1c2cc(N)ccc2NCC1(C)C. The van der Waals surface area contributed by atoms with E-state index < -0.39 is 0 Å². The van der Waals surface area contributed by atoms with Crippen molar-refractivity contribution in [1.29, 1.82) is 0 Å². The van der Waals surface area contributed by atoms with Crippen molar-refractivity contribution in [3.05, 3.63) is 18.2 Å². The molecule has 1 aliphatic rings. The van der Waals surface area contributed by atoms with Crippen LogP contribution in [0.1, 0.15) is 27.7 Å². The quantitative estimate of drug-likeness (QED) is 0.713. The Morgan fingerprint density at radius 2 is 2.06 bits per heavy atom. The van der Waals surface area contributed by atoms with Crippen LogP contribution in [0, 0.1) is 0 Å². The lowest BCUT2D eigenvalue weighted by Crippen LogP contribution is -2.55. The molecule has 0 spiro atoms. The maximum atomic E-state index is 5.88. The average molecular weight is 219 g/mol. The Morgan fingerprint density at radius 1 is 1.38 bits per heavy atom. The maximum absolute atomic E-state index is 5.88. The molecule has 88 valence electrons. The number of benzene rings is 1. The lowest BCUT2D eigenvalue weighted by Gasteiger charge is -2.48. The van der Waals surface area contributed by atoms with Gasteiger partial charge < -0.3 is 16.0 Å². The van der Waals surface area contributed by atoms with Gasteiger partial charge in [0.1, 0.15) is 0 Å². The van der Waals surface area contributed by atoms with Crippen LogP contribution in [0.3, 0.4) is 0 Å². The third-order valence-corrected chi connectivity index (χ3v) is 3.16. The zero-order chi connectivity index (χ0) is 11.9. The van der Waals surface area contributed by atoms with E-state index >= 15 is 0 Å². The first-order chi connectivity index (χ1) is 7.42. The Kier molecular flexibility index (Phi) is 2.49. The van der Waals surface area contributed by atoms with Gasteiger partial charge in [0.2, 0.25) is 0 Å². The minimum absolute atomic E-state index is 0.120. The number of nitrogens with one attached hydrogen (secondary N) is 1. The van der Waals surface area contributed by atoms with Gasteiger partial charge in [-0.15, -0.1) is 0 Å². The Bertz CT molecular complexity index is 396. The third-order valence-electron chi connectivity index (χ3n) is 3.16. The smallest absolute Gasteiger partial charge is 0.0630 e. The molecular formula is C13H21N3. The van der Waals surface area contributed by atoms with Crippen LogP contribution in [0.15, 0.2) is 18.2 Å². The van der Waals surface area contributed by atoms with E-state index in [4.69, 9.17) is 5.73 Å². The van der Waals surface area contributed by atoms with E-state index in [2.05, 4.69) is 50.0 Å². The number of nitrogen functional groups attached to an aromatic ring is 1. The van der Waals surface area contributed by atoms with Crippen LogP contribution in [0.2, 0.25) is 0 Å². The van der Waals surface area contributed by atoms with Gasteiger partial charge in [-0.05, 0) is 45.9 Å². The summed E-state index contributed by atoms with van der Waals surface area (Å²) >= 11 is 0. The highest BCUT2D eigenvalue weighted by Gasteiger charge is 2.34. The van der Waals surface area contributed by atoms with Gasteiger partial charge in [-0.1, -0.05) is 0 Å². The van der Waals surface area contributed by atoms with Crippen LogP contribution >= 0.6 is 0 Å². The van der Waals surface area contributed by atoms with Gasteiger partial charge >= 0.3 is 0 Å². The minimum Gasteiger partial charge on any atom is -0.399 e. The molecule has 0 amide bonds. The van der Waals surface area contributed by atoms with Gasteiger partial charge in [-0.3, -0.25) is 0 Å². The molecule has 3 N–H and O–H groups in total. The summed E-state index contributed by atoms with van der Waals surface area (Å²) in [6.07, 6.45) is 0. The highest BCUT2D eigenvalue weighted by Crippen LogP contribution is 2.38. The van der Waals surface area contributed by atoms with Crippen molar-refractivity contribution >= 4 is 17.1 Å². The summed E-state index contributed by atoms with van der Waals surface area (Å²) in [6, 6.07) is 6.54. The summed E-state index contributed by atoms with van der Waals surface area (Å²) < 4.78 is 0. The number of hydrogen-bond donors (Lipinski definition) is 2. The first-order valence-corrected chi connectivity index (χ1v) is 5.84. The van der Waals surface area contributed by atoms with Crippen LogP contribution in [0.4, 0.5) is 17.1 Å². The Labute approximate surface area is 97.6 Å². The highest BCUT2D eigenvalue weighted by molar-refractivity contribution is 5.77. The fraction of sp³-hybridized carbons (Fsp3) is 0.538. The van der Waals surface area contributed by atoms with E-state index in [1.54, 1.807) is 0 Å². The van der Waals surface area contributed by atoms with Crippen molar-refractivity contribution in [2.24, 2.45) is 0 Å². The molecule has 3 nitrogen and oxygen atoms in total. The number of fused-ring (bicyclic) bond motifs is 1. The maximum Gasteiger partial charge on any atom is 0.0630 e. The van der Waals surface area contributed by atoms with E-state index in [-0.39, 0.29) is 5.54 Å². The fourth-order valence-corrected chi connectivity index (χ4v) is 2.60. The normalized spacial score (nSPS) is 18.2. The Balaban J connectivity index is 2.52. The molecule has 1 heterocycles. The summed E-state index contributed by atoms with van der Waals surface area (Å²) in [5.41, 5.74) is 9.22. The molecule has 0 unspecified atom stereocenters. The second-order valence-electron chi connectivity index (χ2n) is 5.41. The molecule has 0 aliphatic carbocycles. The first-order valence-electron chi connectivity index (χ1n) is 5.84. The minimum atomic E-state index is 0.120. The Hall–Kier alpha value is -1.38. The van der Waals surface area contributed by atoms with E-state index in [1.165, 1.54) is 11.4 Å². The second-order valence-corrected chi connectivity index (χ2v) is 5.41. The summed E-state index contributed by atoms with van der Waals surface area (Å²) in [4.78, 5) is 2.44. The molecular weight excluding hydrogens is 198 g/mol. The van der Waals surface area contributed by atoms with Crippen LogP contribution in [0.25, 0.3) is 0 Å². The fourth-order valence-electron chi connectivity index (χ4n) is 2.60. The molecule has 0 bridgehead atoms.